The highest BCUT2D eigenvalue weighted by molar-refractivity contribution is 4.96. The molecule has 3 aliphatic rings. The van der Waals surface area contributed by atoms with Gasteiger partial charge in [0, 0.05) is 0 Å². The second-order valence-corrected chi connectivity index (χ2v) is 4.13. The van der Waals surface area contributed by atoms with Crippen LogP contribution < -0.4 is 0 Å². The molecule has 56 valence electrons. The largest absolute Gasteiger partial charge is 0.374 e. The van der Waals surface area contributed by atoms with Gasteiger partial charge in [0.05, 0.1) is 12.2 Å². The van der Waals surface area contributed by atoms with Crippen LogP contribution in [-0.4, -0.2) is 12.2 Å². The number of rotatable bonds is 0. The van der Waals surface area contributed by atoms with Gasteiger partial charge in [0.2, 0.25) is 0 Å². The summed E-state index contributed by atoms with van der Waals surface area (Å²) in [6, 6.07) is 0. The van der Waals surface area contributed by atoms with Crippen LogP contribution >= 0.6 is 0 Å². The van der Waals surface area contributed by atoms with Crippen LogP contribution in [-0.2, 0) is 4.74 Å². The van der Waals surface area contributed by atoms with Gasteiger partial charge in [-0.25, -0.2) is 0 Å². The number of ether oxygens (including phenoxy) is 1. The van der Waals surface area contributed by atoms with E-state index < -0.39 is 0 Å². The summed E-state index contributed by atoms with van der Waals surface area (Å²) >= 11 is 0. The fourth-order valence-electron chi connectivity index (χ4n) is 3.13. The first kappa shape index (κ1) is 5.59. The fourth-order valence-corrected chi connectivity index (χ4v) is 3.13. The molecule has 0 radical (unpaired) electrons. The first-order valence-corrected chi connectivity index (χ1v) is 4.59. The summed E-state index contributed by atoms with van der Waals surface area (Å²) in [7, 11) is 0. The van der Waals surface area contributed by atoms with Gasteiger partial charge in [-0.15, -0.1) is 0 Å². The molecule has 0 spiro atoms. The van der Waals surface area contributed by atoms with Crippen LogP contribution in [0.3, 0.4) is 0 Å². The van der Waals surface area contributed by atoms with E-state index in [2.05, 4.69) is 0 Å². The molecular formula is C9H14O. The lowest BCUT2D eigenvalue weighted by Gasteiger charge is -2.25. The highest BCUT2D eigenvalue weighted by Crippen LogP contribution is 2.49. The van der Waals surface area contributed by atoms with Crippen molar-refractivity contribution < 1.29 is 4.74 Å². The zero-order chi connectivity index (χ0) is 6.55. The van der Waals surface area contributed by atoms with Crippen LogP contribution in [0, 0.1) is 11.8 Å². The fraction of sp³-hybridized carbons (Fsp3) is 1.00. The van der Waals surface area contributed by atoms with Crippen molar-refractivity contribution in [2.24, 2.45) is 11.8 Å². The Balaban J connectivity index is 1.94. The maximum Gasteiger partial charge on any atom is 0.0636 e. The molecule has 2 aliphatic heterocycles. The quantitative estimate of drug-likeness (QED) is 0.497. The molecule has 2 bridgehead atoms. The maximum absolute atomic E-state index is 5.88. The maximum atomic E-state index is 5.88. The second-order valence-electron chi connectivity index (χ2n) is 4.13. The van der Waals surface area contributed by atoms with Gasteiger partial charge in [-0.3, -0.25) is 0 Å². The van der Waals surface area contributed by atoms with Crippen molar-refractivity contribution >= 4 is 0 Å². The summed E-state index contributed by atoms with van der Waals surface area (Å²) < 4.78 is 5.88. The van der Waals surface area contributed by atoms with E-state index in [-0.39, 0.29) is 0 Å². The van der Waals surface area contributed by atoms with Crippen molar-refractivity contribution in [1.82, 2.24) is 0 Å². The van der Waals surface area contributed by atoms with E-state index in [1.165, 1.54) is 32.1 Å². The number of hydrogen-bond donors (Lipinski definition) is 0. The SMILES string of the molecule is C1CC2CCC3CC1OC23. The highest BCUT2D eigenvalue weighted by atomic mass is 16.5. The topological polar surface area (TPSA) is 9.23 Å². The van der Waals surface area contributed by atoms with E-state index in [0.29, 0.717) is 12.2 Å². The van der Waals surface area contributed by atoms with Crippen LogP contribution in [0.4, 0.5) is 0 Å². The zero-order valence-electron chi connectivity index (χ0n) is 6.25. The molecule has 0 N–H and O–H groups in total. The minimum absolute atomic E-state index is 0.673. The van der Waals surface area contributed by atoms with Crippen LogP contribution in [0.1, 0.15) is 32.1 Å². The molecule has 0 aromatic heterocycles. The van der Waals surface area contributed by atoms with E-state index in [1.54, 1.807) is 0 Å². The molecule has 4 atom stereocenters. The van der Waals surface area contributed by atoms with Crippen molar-refractivity contribution in [1.29, 1.82) is 0 Å². The minimum Gasteiger partial charge on any atom is -0.374 e. The molecule has 0 amide bonds. The molecule has 2 saturated heterocycles. The van der Waals surface area contributed by atoms with E-state index in [4.69, 9.17) is 4.74 Å². The van der Waals surface area contributed by atoms with Gasteiger partial charge < -0.3 is 4.74 Å². The lowest BCUT2D eigenvalue weighted by molar-refractivity contribution is -0.0273. The van der Waals surface area contributed by atoms with Crippen LogP contribution in [0.15, 0.2) is 0 Å². The Labute approximate surface area is 61.8 Å². The van der Waals surface area contributed by atoms with Crippen LogP contribution in [0.2, 0.25) is 0 Å². The molecule has 1 aliphatic carbocycles. The van der Waals surface area contributed by atoms with Crippen molar-refractivity contribution in [3.05, 3.63) is 0 Å². The summed E-state index contributed by atoms with van der Waals surface area (Å²) in [4.78, 5) is 0. The first-order chi connectivity index (χ1) is 4.93. The second kappa shape index (κ2) is 1.76. The molecule has 1 saturated carbocycles. The van der Waals surface area contributed by atoms with Crippen LogP contribution in [0.25, 0.3) is 0 Å². The van der Waals surface area contributed by atoms with Gasteiger partial charge in [-0.1, -0.05) is 0 Å². The van der Waals surface area contributed by atoms with Crippen molar-refractivity contribution in [3.8, 4) is 0 Å². The lowest BCUT2D eigenvalue weighted by Crippen LogP contribution is -2.25. The Kier molecular flexibility index (Phi) is 0.984. The number of hydrogen-bond acceptors (Lipinski definition) is 1. The third kappa shape index (κ3) is 0.572. The zero-order valence-corrected chi connectivity index (χ0v) is 6.25. The average Bonchev–Trinajstić information content (AvgIpc) is 2.38. The Morgan fingerprint density at radius 2 is 1.70 bits per heavy atom. The molecular weight excluding hydrogens is 124 g/mol. The first-order valence-electron chi connectivity index (χ1n) is 4.59. The monoisotopic (exact) mass is 138 g/mol. The molecule has 0 aromatic carbocycles. The van der Waals surface area contributed by atoms with Crippen molar-refractivity contribution in [3.63, 3.8) is 0 Å². The third-order valence-corrected chi connectivity index (χ3v) is 3.61. The van der Waals surface area contributed by atoms with Gasteiger partial charge >= 0.3 is 0 Å². The Morgan fingerprint density at radius 1 is 0.900 bits per heavy atom. The summed E-state index contributed by atoms with van der Waals surface area (Å²) in [5, 5.41) is 0. The predicted molar refractivity (Wildman–Crippen MR) is 38.7 cm³/mol. The molecule has 1 heteroatoms. The smallest absolute Gasteiger partial charge is 0.0636 e. The van der Waals surface area contributed by atoms with Gasteiger partial charge in [-0.05, 0) is 43.9 Å². The average molecular weight is 138 g/mol. The molecule has 1 nitrogen and oxygen atoms in total. The molecule has 3 fully saturated rings. The summed E-state index contributed by atoms with van der Waals surface area (Å²) in [6.45, 7) is 0. The Morgan fingerprint density at radius 3 is 2.70 bits per heavy atom. The summed E-state index contributed by atoms with van der Waals surface area (Å²) in [5.41, 5.74) is 0. The highest BCUT2D eigenvalue weighted by Gasteiger charge is 2.47. The van der Waals surface area contributed by atoms with Crippen LogP contribution in [0.5, 0.6) is 0 Å². The van der Waals surface area contributed by atoms with Crippen molar-refractivity contribution in [2.75, 3.05) is 0 Å². The summed E-state index contributed by atoms with van der Waals surface area (Å²) in [6.07, 6.45) is 8.52. The minimum atomic E-state index is 0.673. The van der Waals surface area contributed by atoms with Gasteiger partial charge in [0.1, 0.15) is 0 Å². The standard InChI is InChI=1S/C9H14O/c1-2-7-5-8-4-3-6(1)9(7)10-8/h6-9H,1-5H2. The molecule has 4 unspecified atom stereocenters. The number of fused-ring (bicyclic) bond motifs is 1. The van der Waals surface area contributed by atoms with Gasteiger partial charge in [0.15, 0.2) is 0 Å². The van der Waals surface area contributed by atoms with Gasteiger partial charge in [-0.2, -0.15) is 0 Å². The predicted octanol–water partition coefficient (Wildman–Crippen LogP) is 1.96. The van der Waals surface area contributed by atoms with E-state index in [0.717, 1.165) is 11.8 Å². The van der Waals surface area contributed by atoms with Crippen molar-refractivity contribution in [2.45, 2.75) is 44.3 Å². The Bertz CT molecular complexity index is 147. The molecule has 0 aromatic rings. The van der Waals surface area contributed by atoms with E-state index in [9.17, 15) is 0 Å². The summed E-state index contributed by atoms with van der Waals surface area (Å²) in [5.74, 6) is 1.93. The molecule has 10 heavy (non-hydrogen) atoms. The van der Waals surface area contributed by atoms with Gasteiger partial charge in [0.25, 0.3) is 0 Å². The molecule has 2 heterocycles. The van der Waals surface area contributed by atoms with E-state index >= 15 is 0 Å². The van der Waals surface area contributed by atoms with E-state index in [1.807, 2.05) is 0 Å². The third-order valence-electron chi connectivity index (χ3n) is 3.61. The molecule has 3 rings (SSSR count). The Hall–Kier alpha value is -0.0400. The normalized spacial score (nSPS) is 57.6. The lowest BCUT2D eigenvalue weighted by atomic mass is 9.97.